The molecular weight excluding hydrogens is 150 g/mol. The van der Waals surface area contributed by atoms with Crippen molar-refractivity contribution in [3.63, 3.8) is 0 Å². The standard InChI is InChI=1S/C7H7ClNO/c8-6-7(10)9-4-2-1-3-5-9/h1-5H,6H2/q+1. The molecule has 10 heavy (non-hydrogen) atoms. The maximum Gasteiger partial charge on any atom is 0.406 e. The van der Waals surface area contributed by atoms with Gasteiger partial charge in [0.05, 0.1) is 0 Å². The molecule has 0 amide bonds. The Labute approximate surface area is 64.1 Å². The summed E-state index contributed by atoms with van der Waals surface area (Å²) in [5.74, 6) is -0.0865. The minimum Gasteiger partial charge on any atom is -0.218 e. The maximum absolute atomic E-state index is 10.8. The van der Waals surface area contributed by atoms with E-state index in [4.69, 9.17) is 11.6 Å². The summed E-state index contributed by atoms with van der Waals surface area (Å²) in [4.78, 5) is 10.8. The van der Waals surface area contributed by atoms with Crippen molar-refractivity contribution in [2.75, 3.05) is 5.88 Å². The first-order valence-electron chi connectivity index (χ1n) is 2.90. The summed E-state index contributed by atoms with van der Waals surface area (Å²) in [7, 11) is 0. The van der Waals surface area contributed by atoms with E-state index in [1.165, 1.54) is 4.57 Å². The number of hydrogen-bond acceptors (Lipinski definition) is 1. The molecule has 0 fully saturated rings. The Bertz CT molecular complexity index is 222. The molecule has 0 bridgehead atoms. The van der Waals surface area contributed by atoms with Crippen LogP contribution in [0.15, 0.2) is 30.6 Å². The maximum atomic E-state index is 10.8. The van der Waals surface area contributed by atoms with Gasteiger partial charge in [-0.15, -0.1) is 16.2 Å². The van der Waals surface area contributed by atoms with Crippen LogP contribution < -0.4 is 4.57 Å². The van der Waals surface area contributed by atoms with Gasteiger partial charge in [-0.25, -0.2) is 4.79 Å². The van der Waals surface area contributed by atoms with Gasteiger partial charge in [-0.3, -0.25) is 0 Å². The highest BCUT2D eigenvalue weighted by atomic mass is 35.5. The van der Waals surface area contributed by atoms with Gasteiger partial charge in [-0.05, 0) is 0 Å². The van der Waals surface area contributed by atoms with Crippen LogP contribution in [-0.4, -0.2) is 11.8 Å². The van der Waals surface area contributed by atoms with E-state index in [2.05, 4.69) is 0 Å². The molecule has 0 spiro atoms. The predicted molar refractivity (Wildman–Crippen MR) is 38.0 cm³/mol. The third-order valence-corrected chi connectivity index (χ3v) is 1.35. The monoisotopic (exact) mass is 156 g/mol. The molecule has 0 saturated heterocycles. The molecule has 0 aromatic carbocycles. The number of nitrogens with zero attached hydrogens (tertiary/aromatic N) is 1. The van der Waals surface area contributed by atoms with Gasteiger partial charge in [0, 0.05) is 12.1 Å². The van der Waals surface area contributed by atoms with E-state index in [9.17, 15) is 4.79 Å². The van der Waals surface area contributed by atoms with Gasteiger partial charge >= 0.3 is 5.91 Å². The molecule has 52 valence electrons. The number of pyridine rings is 1. The fraction of sp³-hybridized carbons (Fsp3) is 0.143. The molecule has 0 saturated carbocycles. The lowest BCUT2D eigenvalue weighted by Gasteiger charge is -1.86. The molecule has 1 aromatic rings. The highest BCUT2D eigenvalue weighted by Gasteiger charge is 2.08. The topological polar surface area (TPSA) is 20.9 Å². The van der Waals surface area contributed by atoms with Gasteiger partial charge < -0.3 is 0 Å². The van der Waals surface area contributed by atoms with Gasteiger partial charge in [0.2, 0.25) is 0 Å². The van der Waals surface area contributed by atoms with Crippen molar-refractivity contribution in [1.82, 2.24) is 0 Å². The molecule has 1 rings (SSSR count). The van der Waals surface area contributed by atoms with Crippen LogP contribution in [0.2, 0.25) is 0 Å². The molecule has 0 unspecified atom stereocenters. The fourth-order valence-corrected chi connectivity index (χ4v) is 0.772. The van der Waals surface area contributed by atoms with Crippen LogP contribution in [-0.2, 0) is 0 Å². The zero-order valence-corrected chi connectivity index (χ0v) is 6.08. The van der Waals surface area contributed by atoms with Crippen LogP contribution in [0.25, 0.3) is 0 Å². The van der Waals surface area contributed by atoms with Crippen LogP contribution in [0.1, 0.15) is 4.79 Å². The lowest BCUT2D eigenvalue weighted by Crippen LogP contribution is -2.42. The zero-order chi connectivity index (χ0) is 7.40. The Hall–Kier alpha value is -0.890. The van der Waals surface area contributed by atoms with E-state index < -0.39 is 0 Å². The zero-order valence-electron chi connectivity index (χ0n) is 5.33. The minimum absolute atomic E-state index is 0.0225. The Morgan fingerprint density at radius 2 is 1.90 bits per heavy atom. The average Bonchev–Trinajstić information content (AvgIpc) is 2.05. The van der Waals surface area contributed by atoms with Crippen LogP contribution >= 0.6 is 11.6 Å². The third-order valence-electron chi connectivity index (χ3n) is 1.12. The number of rotatable bonds is 1. The van der Waals surface area contributed by atoms with E-state index in [0.29, 0.717) is 0 Å². The summed E-state index contributed by atoms with van der Waals surface area (Å²) in [5, 5.41) is 0. The van der Waals surface area contributed by atoms with Crippen molar-refractivity contribution in [3.8, 4) is 0 Å². The second-order valence-electron chi connectivity index (χ2n) is 1.81. The highest BCUT2D eigenvalue weighted by Crippen LogP contribution is 1.79. The van der Waals surface area contributed by atoms with Crippen molar-refractivity contribution in [1.29, 1.82) is 0 Å². The van der Waals surface area contributed by atoms with Gasteiger partial charge in [-0.2, -0.15) is 0 Å². The summed E-state index contributed by atoms with van der Waals surface area (Å²) in [6.07, 6.45) is 3.34. The molecule has 0 atom stereocenters. The van der Waals surface area contributed by atoms with E-state index >= 15 is 0 Å². The highest BCUT2D eigenvalue weighted by molar-refractivity contribution is 6.26. The molecule has 2 nitrogen and oxygen atoms in total. The first kappa shape index (κ1) is 7.22. The predicted octanol–water partition coefficient (Wildman–Crippen LogP) is 0.853. The second-order valence-corrected chi connectivity index (χ2v) is 2.08. The van der Waals surface area contributed by atoms with E-state index in [-0.39, 0.29) is 11.8 Å². The number of alkyl halides is 1. The molecule has 0 aliphatic carbocycles. The van der Waals surface area contributed by atoms with Crippen LogP contribution in [0, 0.1) is 0 Å². The fourth-order valence-electron chi connectivity index (χ4n) is 0.634. The molecular formula is C7H7ClNO+. The third kappa shape index (κ3) is 1.54. The van der Waals surface area contributed by atoms with E-state index in [1.807, 2.05) is 6.07 Å². The summed E-state index contributed by atoms with van der Waals surface area (Å²) in [5.41, 5.74) is 0. The lowest BCUT2D eigenvalue weighted by molar-refractivity contribution is -0.572. The van der Waals surface area contributed by atoms with Crippen LogP contribution in [0.5, 0.6) is 0 Å². The molecule has 0 aliphatic heterocycles. The number of carbonyl (C=O) groups excluding carboxylic acids is 1. The number of carbonyl (C=O) groups is 1. The average molecular weight is 157 g/mol. The molecule has 0 aliphatic rings. The van der Waals surface area contributed by atoms with Crippen molar-refractivity contribution < 1.29 is 9.36 Å². The van der Waals surface area contributed by atoms with E-state index in [1.54, 1.807) is 24.5 Å². The molecule has 3 heteroatoms. The van der Waals surface area contributed by atoms with Crippen molar-refractivity contribution >= 4 is 17.5 Å². The Morgan fingerprint density at radius 3 is 2.40 bits per heavy atom. The lowest BCUT2D eigenvalue weighted by atomic mass is 10.5. The Morgan fingerprint density at radius 1 is 1.30 bits per heavy atom. The molecule has 1 aromatic heterocycles. The first-order chi connectivity index (χ1) is 4.84. The minimum atomic E-state index is -0.109. The van der Waals surface area contributed by atoms with E-state index in [0.717, 1.165) is 0 Å². The molecule has 1 heterocycles. The van der Waals surface area contributed by atoms with Gasteiger partial charge in [-0.1, -0.05) is 6.07 Å². The van der Waals surface area contributed by atoms with Crippen molar-refractivity contribution in [3.05, 3.63) is 30.6 Å². The van der Waals surface area contributed by atoms with Crippen LogP contribution in [0.4, 0.5) is 0 Å². The van der Waals surface area contributed by atoms with Gasteiger partial charge in [0.25, 0.3) is 0 Å². The number of aromatic nitrogens is 1. The van der Waals surface area contributed by atoms with Gasteiger partial charge in [0.15, 0.2) is 12.4 Å². The van der Waals surface area contributed by atoms with Crippen molar-refractivity contribution in [2.45, 2.75) is 0 Å². The van der Waals surface area contributed by atoms with Crippen molar-refractivity contribution in [2.24, 2.45) is 0 Å². The largest absolute Gasteiger partial charge is 0.406 e. The summed E-state index contributed by atoms with van der Waals surface area (Å²) in [6, 6.07) is 5.41. The second kappa shape index (κ2) is 3.32. The number of hydrogen-bond donors (Lipinski definition) is 0. The Balaban J connectivity index is 2.85. The quantitative estimate of drug-likeness (QED) is 0.436. The Kier molecular flexibility index (Phi) is 2.40. The summed E-state index contributed by atoms with van der Waals surface area (Å²) >= 11 is 5.32. The summed E-state index contributed by atoms with van der Waals surface area (Å²) < 4.78 is 1.45. The van der Waals surface area contributed by atoms with Gasteiger partial charge in [0.1, 0.15) is 5.88 Å². The smallest absolute Gasteiger partial charge is 0.218 e. The number of halogens is 1. The normalized spacial score (nSPS) is 9.30. The molecule has 0 radical (unpaired) electrons. The van der Waals surface area contributed by atoms with Crippen LogP contribution in [0.3, 0.4) is 0 Å². The summed E-state index contributed by atoms with van der Waals surface area (Å²) in [6.45, 7) is 0. The SMILES string of the molecule is O=C(CCl)[n+]1ccccc1. The first-order valence-corrected chi connectivity index (χ1v) is 3.43. The molecule has 0 N–H and O–H groups in total.